The quantitative estimate of drug-likeness (QED) is 0.403. The number of benzene rings is 2. The minimum absolute atomic E-state index is 0.152. The summed E-state index contributed by atoms with van der Waals surface area (Å²) in [5, 5.41) is 1.45. The second kappa shape index (κ2) is 10.8. The van der Waals surface area contributed by atoms with Crippen LogP contribution in [0.25, 0.3) is 27.7 Å². The number of hydrogen-bond donors (Lipinski definition) is 1. The monoisotopic (exact) mass is 478 g/mol. The zero-order valence-electron chi connectivity index (χ0n) is 20.4. The van der Waals surface area contributed by atoms with Crippen molar-refractivity contribution >= 4 is 10.8 Å². The molecule has 1 fully saturated rings. The Bertz CT molecular complexity index is 1300. The van der Waals surface area contributed by atoms with Gasteiger partial charge in [-0.3, -0.25) is 4.79 Å². The van der Waals surface area contributed by atoms with Crippen LogP contribution in [0.5, 0.6) is 11.5 Å². The van der Waals surface area contributed by atoms with Crippen molar-refractivity contribution < 1.29 is 23.7 Å². The maximum atomic E-state index is 12.7. The summed E-state index contributed by atoms with van der Waals surface area (Å²) in [6.45, 7) is 0.738. The molecule has 1 aliphatic heterocycles. The number of fused-ring (bicyclic) bond motifs is 1. The standard InChI is InChI=1S/C21H18N2O3.C6H12O3/c1-25-15-7-5-14(6-8-15)19-20(23-11-3-4-12-23)17-10-9-16(26-2)13-18(17)21(24)22-19;1-7-6(8-2)4-3-5-9-6/h3-13H,1-2H3,(H,22,24);3-5H2,1-2H3. The van der Waals surface area contributed by atoms with Gasteiger partial charge in [0.1, 0.15) is 11.5 Å². The van der Waals surface area contributed by atoms with Crippen LogP contribution >= 0.6 is 0 Å². The van der Waals surface area contributed by atoms with Crippen molar-refractivity contribution in [1.29, 1.82) is 0 Å². The molecule has 35 heavy (non-hydrogen) atoms. The molecule has 0 saturated carbocycles. The summed E-state index contributed by atoms with van der Waals surface area (Å²) in [5.74, 6) is 0.697. The highest BCUT2D eigenvalue weighted by Crippen LogP contribution is 2.32. The summed E-state index contributed by atoms with van der Waals surface area (Å²) in [6.07, 6.45) is 5.77. The molecule has 0 amide bonds. The lowest BCUT2D eigenvalue weighted by Crippen LogP contribution is -2.31. The maximum Gasteiger partial charge on any atom is 0.282 e. The van der Waals surface area contributed by atoms with E-state index < -0.39 is 5.97 Å². The molecular formula is C27H30N2O6. The fourth-order valence-corrected chi connectivity index (χ4v) is 4.13. The van der Waals surface area contributed by atoms with Crippen LogP contribution in [-0.2, 0) is 14.2 Å². The average molecular weight is 479 g/mol. The molecule has 8 nitrogen and oxygen atoms in total. The Morgan fingerprint density at radius 3 is 2.09 bits per heavy atom. The molecule has 1 N–H and O–H groups in total. The van der Waals surface area contributed by atoms with Gasteiger partial charge < -0.3 is 33.2 Å². The number of ether oxygens (including phenoxy) is 5. The molecule has 5 rings (SSSR count). The van der Waals surface area contributed by atoms with Gasteiger partial charge in [0.2, 0.25) is 0 Å². The van der Waals surface area contributed by atoms with Crippen LogP contribution in [0.15, 0.2) is 71.8 Å². The summed E-state index contributed by atoms with van der Waals surface area (Å²) in [4.78, 5) is 15.8. The zero-order chi connectivity index (χ0) is 24.8. The van der Waals surface area contributed by atoms with Gasteiger partial charge in [-0.2, -0.15) is 0 Å². The zero-order valence-corrected chi connectivity index (χ0v) is 20.4. The highest BCUT2D eigenvalue weighted by atomic mass is 16.9. The van der Waals surface area contributed by atoms with Crippen LogP contribution < -0.4 is 15.0 Å². The first-order valence-corrected chi connectivity index (χ1v) is 11.3. The minimum Gasteiger partial charge on any atom is -0.497 e. The van der Waals surface area contributed by atoms with E-state index in [4.69, 9.17) is 23.7 Å². The third-order valence-corrected chi connectivity index (χ3v) is 6.01. The Hall–Kier alpha value is -3.59. The first-order chi connectivity index (χ1) is 17.0. The van der Waals surface area contributed by atoms with E-state index in [-0.39, 0.29) is 5.56 Å². The molecule has 184 valence electrons. The van der Waals surface area contributed by atoms with Crippen LogP contribution in [0, 0.1) is 0 Å². The molecular weight excluding hydrogens is 448 g/mol. The largest absolute Gasteiger partial charge is 0.497 e. The molecule has 1 saturated heterocycles. The topological polar surface area (TPSA) is 83.9 Å². The van der Waals surface area contributed by atoms with Crippen LogP contribution in [0.1, 0.15) is 12.8 Å². The Morgan fingerprint density at radius 2 is 1.54 bits per heavy atom. The van der Waals surface area contributed by atoms with Crippen LogP contribution in [0.2, 0.25) is 0 Å². The molecule has 0 unspecified atom stereocenters. The number of hydrogen-bond acceptors (Lipinski definition) is 6. The molecule has 8 heteroatoms. The van der Waals surface area contributed by atoms with Gasteiger partial charge in [-0.1, -0.05) is 0 Å². The third-order valence-electron chi connectivity index (χ3n) is 6.01. The first-order valence-electron chi connectivity index (χ1n) is 11.3. The molecule has 0 spiro atoms. The molecule has 1 aliphatic rings. The number of methoxy groups -OCH3 is 4. The molecule has 0 aliphatic carbocycles. The smallest absolute Gasteiger partial charge is 0.282 e. The number of aromatic nitrogens is 2. The van der Waals surface area contributed by atoms with E-state index in [1.54, 1.807) is 34.5 Å². The predicted molar refractivity (Wildman–Crippen MR) is 134 cm³/mol. The number of rotatable bonds is 6. The molecule has 3 heterocycles. The van der Waals surface area contributed by atoms with Gasteiger partial charge in [0.05, 0.1) is 37.6 Å². The summed E-state index contributed by atoms with van der Waals surface area (Å²) < 4.78 is 27.7. The van der Waals surface area contributed by atoms with Crippen molar-refractivity contribution in [2.75, 3.05) is 35.0 Å². The van der Waals surface area contributed by atoms with Gasteiger partial charge in [0, 0.05) is 44.0 Å². The molecule has 0 bridgehead atoms. The normalized spacial score (nSPS) is 14.4. The van der Waals surface area contributed by atoms with Gasteiger partial charge >= 0.3 is 0 Å². The molecule has 2 aromatic heterocycles. The van der Waals surface area contributed by atoms with E-state index in [1.807, 2.05) is 65.5 Å². The summed E-state index contributed by atoms with van der Waals surface area (Å²) in [6, 6.07) is 17.1. The van der Waals surface area contributed by atoms with E-state index in [9.17, 15) is 4.79 Å². The van der Waals surface area contributed by atoms with E-state index >= 15 is 0 Å². The Labute approximate surface area is 204 Å². The number of aromatic amines is 1. The van der Waals surface area contributed by atoms with Crippen molar-refractivity contribution in [3.05, 3.63) is 77.3 Å². The van der Waals surface area contributed by atoms with Crippen LogP contribution in [0.4, 0.5) is 0 Å². The number of nitrogens with zero attached hydrogens (tertiary/aromatic N) is 1. The second-order valence-corrected chi connectivity index (χ2v) is 7.95. The van der Waals surface area contributed by atoms with E-state index in [1.165, 1.54) is 0 Å². The highest BCUT2D eigenvalue weighted by Gasteiger charge is 2.34. The second-order valence-electron chi connectivity index (χ2n) is 7.95. The fraction of sp³-hybridized carbons (Fsp3) is 0.296. The number of nitrogens with one attached hydrogen (secondary N) is 1. The SMILES string of the molecule is COC1(OC)CCCO1.COc1ccc(-c2[nH]c(=O)c3cc(OC)ccc3c2-n2cccc2)cc1. The van der Waals surface area contributed by atoms with Crippen LogP contribution in [0.3, 0.4) is 0 Å². The lowest BCUT2D eigenvalue weighted by atomic mass is 10.0. The van der Waals surface area contributed by atoms with Gasteiger partial charge in [-0.05, 0) is 61.0 Å². The lowest BCUT2D eigenvalue weighted by molar-refractivity contribution is -0.340. The number of H-pyrrole nitrogens is 1. The minimum atomic E-state index is -0.722. The van der Waals surface area contributed by atoms with Crippen molar-refractivity contribution in [2.24, 2.45) is 0 Å². The fourth-order valence-electron chi connectivity index (χ4n) is 4.13. The van der Waals surface area contributed by atoms with Crippen molar-refractivity contribution in [2.45, 2.75) is 18.8 Å². The third kappa shape index (κ3) is 5.09. The lowest BCUT2D eigenvalue weighted by Gasteiger charge is -2.23. The van der Waals surface area contributed by atoms with Crippen molar-refractivity contribution in [3.8, 4) is 28.4 Å². The molecule has 4 aromatic rings. The highest BCUT2D eigenvalue weighted by molar-refractivity contribution is 5.96. The Morgan fingerprint density at radius 1 is 0.886 bits per heavy atom. The van der Waals surface area contributed by atoms with E-state index in [0.717, 1.165) is 47.5 Å². The maximum absolute atomic E-state index is 12.7. The van der Waals surface area contributed by atoms with Gasteiger partial charge in [0.25, 0.3) is 11.5 Å². The molecule has 0 atom stereocenters. The van der Waals surface area contributed by atoms with E-state index in [2.05, 4.69) is 4.98 Å². The Balaban J connectivity index is 0.000000271. The van der Waals surface area contributed by atoms with Gasteiger partial charge in [0.15, 0.2) is 0 Å². The summed E-state index contributed by atoms with van der Waals surface area (Å²) in [5.41, 5.74) is 2.42. The van der Waals surface area contributed by atoms with E-state index in [0.29, 0.717) is 11.1 Å². The molecule has 2 aromatic carbocycles. The first kappa shape index (κ1) is 24.5. The van der Waals surface area contributed by atoms with Crippen LogP contribution in [-0.4, -0.2) is 50.6 Å². The Kier molecular flexibility index (Phi) is 7.55. The van der Waals surface area contributed by atoms with Crippen molar-refractivity contribution in [1.82, 2.24) is 9.55 Å². The number of pyridine rings is 1. The summed E-state index contributed by atoms with van der Waals surface area (Å²) >= 11 is 0. The predicted octanol–water partition coefficient (Wildman–Crippen LogP) is 4.75. The van der Waals surface area contributed by atoms with Gasteiger partial charge in [-0.25, -0.2) is 0 Å². The molecule has 0 radical (unpaired) electrons. The van der Waals surface area contributed by atoms with Crippen molar-refractivity contribution in [3.63, 3.8) is 0 Å². The van der Waals surface area contributed by atoms with Gasteiger partial charge in [-0.15, -0.1) is 0 Å². The summed E-state index contributed by atoms with van der Waals surface area (Å²) in [7, 11) is 6.41. The average Bonchev–Trinajstić information content (AvgIpc) is 3.62.